The highest BCUT2D eigenvalue weighted by atomic mass is 127. The molecule has 2 aromatic rings. The Hall–Kier alpha value is -1.08. The van der Waals surface area contributed by atoms with Crippen LogP contribution >= 0.6 is 24.0 Å². The van der Waals surface area contributed by atoms with Crippen LogP contribution in [0.3, 0.4) is 0 Å². The summed E-state index contributed by atoms with van der Waals surface area (Å²) >= 11 is 0. The fourth-order valence-electron chi connectivity index (χ4n) is 1.24. The molecule has 5 heteroatoms. The van der Waals surface area contributed by atoms with Crippen molar-refractivity contribution in [2.75, 3.05) is 0 Å². The van der Waals surface area contributed by atoms with Crippen LogP contribution in [-0.4, -0.2) is 8.42 Å². The van der Waals surface area contributed by atoms with E-state index in [4.69, 9.17) is 4.18 Å². The van der Waals surface area contributed by atoms with Crippen LogP contribution in [0.15, 0.2) is 65.6 Å². The van der Waals surface area contributed by atoms with Crippen LogP contribution in [-0.2, 0) is 10.1 Å². The zero-order valence-corrected chi connectivity index (χ0v) is 12.0. The van der Waals surface area contributed by atoms with Gasteiger partial charge in [0.25, 0.3) is 0 Å². The molecule has 0 bridgehead atoms. The minimum atomic E-state index is -3.71. The fraction of sp³-hybridized carbons (Fsp3) is 0. The summed E-state index contributed by atoms with van der Waals surface area (Å²) in [5.74, 6) is 0.311. The van der Waals surface area contributed by atoms with Crippen molar-refractivity contribution in [2.45, 2.75) is 4.90 Å². The normalized spacial score (nSPS) is 10.4. The number of para-hydroxylation sites is 1. The van der Waals surface area contributed by atoms with Crippen molar-refractivity contribution in [3.8, 4) is 5.75 Å². The van der Waals surface area contributed by atoms with E-state index in [-0.39, 0.29) is 28.9 Å². The van der Waals surface area contributed by atoms with Crippen LogP contribution in [0.5, 0.6) is 5.75 Å². The third-order valence-electron chi connectivity index (χ3n) is 1.98. The Balaban J connectivity index is 0.00000144. The highest BCUT2D eigenvalue weighted by molar-refractivity contribution is 14.0. The standard InChI is InChI=1S/C12H10O3S.HI/c13-16(14,12-9-5-2-6-10-12)15-11-7-3-1-4-8-11;/h1-10H;1H. The molecule has 0 N–H and O–H groups in total. The lowest BCUT2D eigenvalue weighted by Crippen LogP contribution is -2.09. The first-order valence-electron chi connectivity index (χ1n) is 4.73. The summed E-state index contributed by atoms with van der Waals surface area (Å²) in [4.78, 5) is 0.152. The molecule has 0 heterocycles. The van der Waals surface area contributed by atoms with Crippen LogP contribution in [0.1, 0.15) is 0 Å². The van der Waals surface area contributed by atoms with E-state index >= 15 is 0 Å². The molecule has 3 nitrogen and oxygen atoms in total. The average molecular weight is 362 g/mol. The van der Waals surface area contributed by atoms with Crippen molar-refractivity contribution >= 4 is 34.1 Å². The van der Waals surface area contributed by atoms with Crippen LogP contribution in [0.25, 0.3) is 0 Å². The molecule has 0 aromatic heterocycles. The number of hydrogen-bond donors (Lipinski definition) is 0. The summed E-state index contributed by atoms with van der Waals surface area (Å²) in [6, 6.07) is 16.5. The maximum atomic E-state index is 11.8. The van der Waals surface area contributed by atoms with Crippen LogP contribution < -0.4 is 4.18 Å². The van der Waals surface area contributed by atoms with Gasteiger partial charge in [-0.05, 0) is 24.3 Å². The van der Waals surface area contributed by atoms with E-state index in [2.05, 4.69) is 0 Å². The molecular formula is C12H11IO3S. The van der Waals surface area contributed by atoms with Gasteiger partial charge in [0.15, 0.2) is 0 Å². The van der Waals surface area contributed by atoms with Crippen LogP contribution in [0, 0.1) is 0 Å². The van der Waals surface area contributed by atoms with Crippen molar-refractivity contribution in [1.82, 2.24) is 0 Å². The van der Waals surface area contributed by atoms with Crippen molar-refractivity contribution in [2.24, 2.45) is 0 Å². The minimum absolute atomic E-state index is 0. The van der Waals surface area contributed by atoms with Crippen molar-refractivity contribution in [3.05, 3.63) is 60.7 Å². The summed E-state index contributed by atoms with van der Waals surface area (Å²) in [6.45, 7) is 0. The van der Waals surface area contributed by atoms with Crippen LogP contribution in [0.4, 0.5) is 0 Å². The van der Waals surface area contributed by atoms with E-state index in [0.717, 1.165) is 0 Å². The van der Waals surface area contributed by atoms with Gasteiger partial charge < -0.3 is 4.18 Å². The number of benzene rings is 2. The molecule has 0 aliphatic carbocycles. The second kappa shape index (κ2) is 6.02. The minimum Gasteiger partial charge on any atom is -0.379 e. The Morgan fingerprint density at radius 1 is 0.765 bits per heavy atom. The molecule has 0 saturated carbocycles. The first-order chi connectivity index (χ1) is 7.68. The zero-order chi connectivity index (χ0) is 11.4. The molecule has 0 amide bonds. The SMILES string of the molecule is I.O=S(=O)(Oc1ccccc1)c1ccccc1. The van der Waals surface area contributed by atoms with Gasteiger partial charge in [-0.15, -0.1) is 24.0 Å². The molecule has 2 aromatic carbocycles. The van der Waals surface area contributed by atoms with E-state index in [1.54, 1.807) is 48.5 Å². The number of rotatable bonds is 3. The maximum Gasteiger partial charge on any atom is 0.339 e. The van der Waals surface area contributed by atoms with E-state index in [0.29, 0.717) is 5.75 Å². The smallest absolute Gasteiger partial charge is 0.339 e. The predicted molar refractivity (Wildman–Crippen MR) is 76.1 cm³/mol. The lowest BCUT2D eigenvalue weighted by atomic mass is 10.3. The van der Waals surface area contributed by atoms with Gasteiger partial charge >= 0.3 is 10.1 Å². The van der Waals surface area contributed by atoms with Gasteiger partial charge in [-0.3, -0.25) is 0 Å². The summed E-state index contributed by atoms with van der Waals surface area (Å²) in [7, 11) is -3.71. The topological polar surface area (TPSA) is 43.4 Å². The second-order valence-corrected chi connectivity index (χ2v) is 4.71. The van der Waals surface area contributed by atoms with E-state index in [9.17, 15) is 8.42 Å². The van der Waals surface area contributed by atoms with Gasteiger partial charge in [0.05, 0.1) is 0 Å². The third-order valence-corrected chi connectivity index (χ3v) is 3.24. The zero-order valence-electron chi connectivity index (χ0n) is 8.81. The lowest BCUT2D eigenvalue weighted by molar-refractivity contribution is 0.486. The summed E-state index contributed by atoms with van der Waals surface area (Å²) in [5, 5.41) is 0. The largest absolute Gasteiger partial charge is 0.379 e. The molecule has 0 saturated heterocycles. The Morgan fingerprint density at radius 3 is 1.76 bits per heavy atom. The molecule has 17 heavy (non-hydrogen) atoms. The average Bonchev–Trinajstić information content (AvgIpc) is 2.31. The molecule has 90 valence electrons. The molecule has 0 atom stereocenters. The van der Waals surface area contributed by atoms with E-state index < -0.39 is 10.1 Å². The third kappa shape index (κ3) is 3.71. The monoisotopic (exact) mass is 362 g/mol. The number of halogens is 1. The second-order valence-electron chi connectivity index (χ2n) is 3.16. The first kappa shape index (κ1) is 14.0. The molecule has 0 radical (unpaired) electrons. The van der Waals surface area contributed by atoms with Crippen molar-refractivity contribution < 1.29 is 12.6 Å². The van der Waals surface area contributed by atoms with E-state index in [1.165, 1.54) is 12.1 Å². The summed E-state index contributed by atoms with van der Waals surface area (Å²) in [6.07, 6.45) is 0. The highest BCUT2D eigenvalue weighted by Gasteiger charge is 2.15. The maximum absolute atomic E-state index is 11.8. The van der Waals surface area contributed by atoms with Crippen LogP contribution in [0.2, 0.25) is 0 Å². The molecule has 0 fully saturated rings. The summed E-state index contributed by atoms with van der Waals surface area (Å²) in [5.41, 5.74) is 0. The molecule has 2 rings (SSSR count). The molecular weight excluding hydrogens is 351 g/mol. The van der Waals surface area contributed by atoms with E-state index in [1.807, 2.05) is 0 Å². The van der Waals surface area contributed by atoms with Gasteiger partial charge in [-0.1, -0.05) is 36.4 Å². The van der Waals surface area contributed by atoms with Gasteiger partial charge in [-0.2, -0.15) is 8.42 Å². The Bertz CT molecular complexity index is 553. The molecule has 0 unspecified atom stereocenters. The Labute approximate surface area is 118 Å². The fourth-order valence-corrected chi connectivity index (χ4v) is 2.19. The summed E-state index contributed by atoms with van der Waals surface area (Å²) < 4.78 is 28.5. The molecule has 0 aliphatic heterocycles. The Morgan fingerprint density at radius 2 is 1.24 bits per heavy atom. The number of hydrogen-bond acceptors (Lipinski definition) is 3. The first-order valence-corrected chi connectivity index (χ1v) is 6.14. The van der Waals surface area contributed by atoms with Crippen molar-refractivity contribution in [3.63, 3.8) is 0 Å². The predicted octanol–water partition coefficient (Wildman–Crippen LogP) is 3.07. The van der Waals surface area contributed by atoms with Gasteiger partial charge in [-0.25, -0.2) is 0 Å². The molecule has 0 aliphatic rings. The Kier molecular flexibility index (Phi) is 4.95. The highest BCUT2D eigenvalue weighted by Crippen LogP contribution is 2.17. The van der Waals surface area contributed by atoms with Gasteiger partial charge in [0.1, 0.15) is 10.6 Å². The molecule has 0 spiro atoms. The van der Waals surface area contributed by atoms with Crippen molar-refractivity contribution in [1.29, 1.82) is 0 Å². The van der Waals surface area contributed by atoms with Gasteiger partial charge in [0, 0.05) is 0 Å². The van der Waals surface area contributed by atoms with Gasteiger partial charge in [0.2, 0.25) is 0 Å². The lowest BCUT2D eigenvalue weighted by Gasteiger charge is -2.05. The quantitative estimate of drug-likeness (QED) is 0.623.